The van der Waals surface area contributed by atoms with E-state index >= 15 is 0 Å². The smallest absolute Gasteiger partial charge is 0.244 e. The minimum atomic E-state index is -3.63. The van der Waals surface area contributed by atoms with Crippen LogP contribution in [-0.2, 0) is 14.8 Å². The maximum atomic E-state index is 13.0. The van der Waals surface area contributed by atoms with Crippen LogP contribution in [0.15, 0.2) is 42.5 Å². The first kappa shape index (κ1) is 22.0. The van der Waals surface area contributed by atoms with E-state index in [-0.39, 0.29) is 11.9 Å². The minimum absolute atomic E-state index is 0.222. The number of anilines is 1. The lowest BCUT2D eigenvalue weighted by Gasteiger charge is -2.31. The average molecular weight is 403 g/mol. The van der Waals surface area contributed by atoms with E-state index in [1.54, 1.807) is 18.2 Å². The van der Waals surface area contributed by atoms with Crippen molar-refractivity contribution in [1.82, 2.24) is 5.32 Å². The molecule has 1 N–H and O–H groups in total. The number of hydrogen-bond acceptors (Lipinski definition) is 3. The normalized spacial score (nSPS) is 13.6. The lowest BCUT2D eigenvalue weighted by atomic mass is 10.0. The predicted octanol–water partition coefficient (Wildman–Crippen LogP) is 4.03. The average Bonchev–Trinajstić information content (AvgIpc) is 2.60. The molecule has 0 fully saturated rings. The molecular formula is C22H30N2O3S. The Labute approximate surface area is 168 Å². The van der Waals surface area contributed by atoms with E-state index in [4.69, 9.17) is 0 Å². The van der Waals surface area contributed by atoms with Crippen molar-refractivity contribution in [2.24, 2.45) is 0 Å². The summed E-state index contributed by atoms with van der Waals surface area (Å²) < 4.78 is 26.3. The summed E-state index contributed by atoms with van der Waals surface area (Å²) in [6, 6.07) is 12.2. The van der Waals surface area contributed by atoms with Gasteiger partial charge in [0, 0.05) is 0 Å². The Morgan fingerprint density at radius 3 is 2.29 bits per heavy atom. The number of amides is 1. The Bertz CT molecular complexity index is 954. The van der Waals surface area contributed by atoms with Crippen LogP contribution in [0.25, 0.3) is 0 Å². The number of rotatable bonds is 7. The number of nitrogens with zero attached hydrogens (tertiary/aromatic N) is 1. The molecule has 6 heteroatoms. The van der Waals surface area contributed by atoms with Crippen molar-refractivity contribution in [2.45, 2.75) is 53.1 Å². The van der Waals surface area contributed by atoms with Gasteiger partial charge in [-0.25, -0.2) is 8.42 Å². The van der Waals surface area contributed by atoms with Crippen LogP contribution in [0.4, 0.5) is 5.69 Å². The maximum Gasteiger partial charge on any atom is 0.244 e. The molecule has 2 rings (SSSR count). The van der Waals surface area contributed by atoms with Gasteiger partial charge in [-0.2, -0.15) is 0 Å². The standard InChI is InChI=1S/C22H30N2O3S/c1-7-21(24(28(6,26)27)20-10-8-9-15(2)13-20)22(25)23-18(5)19-12-11-16(3)17(4)14-19/h8-14,18,21H,7H2,1-6H3,(H,23,25). The third-order valence-corrected chi connectivity index (χ3v) is 6.16. The third-order valence-electron chi connectivity index (χ3n) is 4.98. The number of aryl methyl sites for hydroxylation is 3. The summed E-state index contributed by atoms with van der Waals surface area (Å²) in [7, 11) is -3.63. The molecule has 0 saturated carbocycles. The van der Waals surface area contributed by atoms with Crippen LogP contribution in [0.5, 0.6) is 0 Å². The van der Waals surface area contributed by atoms with Crippen molar-refractivity contribution < 1.29 is 13.2 Å². The first-order valence-electron chi connectivity index (χ1n) is 9.48. The molecule has 0 heterocycles. The minimum Gasteiger partial charge on any atom is -0.348 e. The molecule has 2 aromatic rings. The number of nitrogens with one attached hydrogen (secondary N) is 1. The van der Waals surface area contributed by atoms with Gasteiger partial charge < -0.3 is 5.32 Å². The van der Waals surface area contributed by atoms with Crippen molar-refractivity contribution in [3.05, 3.63) is 64.7 Å². The highest BCUT2D eigenvalue weighted by Crippen LogP contribution is 2.24. The number of hydrogen-bond donors (Lipinski definition) is 1. The molecule has 0 aliphatic rings. The Morgan fingerprint density at radius 2 is 1.75 bits per heavy atom. The van der Waals surface area contributed by atoms with E-state index in [1.807, 2.05) is 52.8 Å². The maximum absolute atomic E-state index is 13.0. The van der Waals surface area contributed by atoms with Crippen LogP contribution < -0.4 is 9.62 Å². The van der Waals surface area contributed by atoms with Crippen LogP contribution in [-0.4, -0.2) is 26.6 Å². The third kappa shape index (κ3) is 5.13. The molecule has 0 aliphatic heterocycles. The van der Waals surface area contributed by atoms with Crippen LogP contribution >= 0.6 is 0 Å². The number of benzene rings is 2. The largest absolute Gasteiger partial charge is 0.348 e. The van der Waals surface area contributed by atoms with Crippen molar-refractivity contribution in [3.63, 3.8) is 0 Å². The van der Waals surface area contributed by atoms with Crippen LogP contribution in [0.3, 0.4) is 0 Å². The number of carbonyl (C=O) groups is 1. The quantitative estimate of drug-likeness (QED) is 0.760. The van der Waals surface area contributed by atoms with Crippen LogP contribution in [0.2, 0.25) is 0 Å². The molecule has 1 amide bonds. The fraction of sp³-hybridized carbons (Fsp3) is 0.409. The Hall–Kier alpha value is -2.34. The van der Waals surface area contributed by atoms with Gasteiger partial charge in [0.2, 0.25) is 15.9 Å². The zero-order valence-corrected chi connectivity index (χ0v) is 18.3. The molecule has 0 aliphatic carbocycles. The van der Waals surface area contributed by atoms with E-state index in [1.165, 1.54) is 9.87 Å². The van der Waals surface area contributed by atoms with E-state index < -0.39 is 16.1 Å². The zero-order chi connectivity index (χ0) is 21.1. The summed E-state index contributed by atoms with van der Waals surface area (Å²) in [6.07, 6.45) is 1.50. The number of carbonyl (C=O) groups excluding carboxylic acids is 1. The van der Waals surface area contributed by atoms with E-state index in [2.05, 4.69) is 11.4 Å². The Balaban J connectivity index is 2.32. The Kier molecular flexibility index (Phi) is 6.88. The molecule has 0 saturated heterocycles. The molecule has 28 heavy (non-hydrogen) atoms. The first-order chi connectivity index (χ1) is 13.0. The molecule has 2 aromatic carbocycles. The Morgan fingerprint density at radius 1 is 1.07 bits per heavy atom. The van der Waals surface area contributed by atoms with E-state index in [9.17, 15) is 13.2 Å². The molecule has 2 atom stereocenters. The molecule has 0 aromatic heterocycles. The van der Waals surface area contributed by atoms with Gasteiger partial charge in [0.25, 0.3) is 0 Å². The van der Waals surface area contributed by atoms with Crippen LogP contribution in [0.1, 0.15) is 48.6 Å². The zero-order valence-electron chi connectivity index (χ0n) is 17.5. The van der Waals surface area contributed by atoms with Gasteiger partial charge >= 0.3 is 0 Å². The molecule has 152 valence electrons. The lowest BCUT2D eigenvalue weighted by Crippen LogP contribution is -2.49. The monoisotopic (exact) mass is 402 g/mol. The van der Waals surface area contributed by atoms with Gasteiger partial charge in [-0.05, 0) is 68.5 Å². The summed E-state index contributed by atoms with van der Waals surface area (Å²) in [5, 5.41) is 2.99. The van der Waals surface area contributed by atoms with Crippen LogP contribution in [0, 0.1) is 20.8 Å². The predicted molar refractivity (Wildman–Crippen MR) is 115 cm³/mol. The van der Waals surface area contributed by atoms with Crippen molar-refractivity contribution in [1.29, 1.82) is 0 Å². The summed E-state index contributed by atoms with van der Waals surface area (Å²) in [6.45, 7) is 9.70. The summed E-state index contributed by atoms with van der Waals surface area (Å²) in [5.74, 6) is -0.305. The van der Waals surface area contributed by atoms with Gasteiger partial charge in [-0.1, -0.05) is 37.3 Å². The van der Waals surface area contributed by atoms with Gasteiger partial charge in [-0.3, -0.25) is 9.10 Å². The highest BCUT2D eigenvalue weighted by molar-refractivity contribution is 7.92. The van der Waals surface area contributed by atoms with Crippen molar-refractivity contribution in [3.8, 4) is 0 Å². The second kappa shape index (κ2) is 8.78. The second-order valence-corrected chi connectivity index (χ2v) is 9.26. The molecule has 0 bridgehead atoms. The fourth-order valence-electron chi connectivity index (χ4n) is 3.25. The fourth-order valence-corrected chi connectivity index (χ4v) is 4.46. The highest BCUT2D eigenvalue weighted by Gasteiger charge is 2.32. The van der Waals surface area contributed by atoms with E-state index in [0.717, 1.165) is 22.9 Å². The van der Waals surface area contributed by atoms with Gasteiger partial charge in [0.05, 0.1) is 18.0 Å². The molecule has 2 unspecified atom stereocenters. The molecule has 5 nitrogen and oxygen atoms in total. The number of sulfonamides is 1. The molecule has 0 spiro atoms. The van der Waals surface area contributed by atoms with E-state index in [0.29, 0.717) is 12.1 Å². The molecular weight excluding hydrogens is 372 g/mol. The lowest BCUT2D eigenvalue weighted by molar-refractivity contribution is -0.122. The van der Waals surface area contributed by atoms with Gasteiger partial charge in [0.1, 0.15) is 6.04 Å². The van der Waals surface area contributed by atoms with Gasteiger partial charge in [-0.15, -0.1) is 0 Å². The summed E-state index contributed by atoms with van der Waals surface area (Å²) in [4.78, 5) is 13.0. The van der Waals surface area contributed by atoms with Gasteiger partial charge in [0.15, 0.2) is 0 Å². The molecule has 0 radical (unpaired) electrons. The summed E-state index contributed by atoms with van der Waals surface area (Å²) in [5.41, 5.74) is 4.78. The second-order valence-electron chi connectivity index (χ2n) is 7.40. The topological polar surface area (TPSA) is 66.5 Å². The first-order valence-corrected chi connectivity index (χ1v) is 11.3. The SMILES string of the molecule is CCC(C(=O)NC(C)c1ccc(C)c(C)c1)N(c1cccc(C)c1)S(C)(=O)=O. The van der Waals surface area contributed by atoms with Crippen molar-refractivity contribution >= 4 is 21.6 Å². The van der Waals surface area contributed by atoms with Crippen molar-refractivity contribution in [2.75, 3.05) is 10.6 Å². The highest BCUT2D eigenvalue weighted by atomic mass is 32.2. The summed E-state index contributed by atoms with van der Waals surface area (Å²) >= 11 is 0.